The summed E-state index contributed by atoms with van der Waals surface area (Å²) in [6.07, 6.45) is 13.9. The van der Waals surface area contributed by atoms with Gasteiger partial charge in [0.1, 0.15) is 0 Å². The Morgan fingerprint density at radius 2 is 1.53 bits per heavy atom. The third-order valence-corrected chi connectivity index (χ3v) is 4.67. The molecule has 0 atom stereocenters. The Balaban J connectivity index is 1.90. The number of nitrogens with one attached hydrogen (secondary N) is 1. The normalized spacial score (nSPS) is 25.4. The van der Waals surface area contributed by atoms with Crippen LogP contribution < -0.4 is 5.32 Å². The highest BCUT2D eigenvalue weighted by Crippen LogP contribution is 2.36. The first-order valence-corrected chi connectivity index (χ1v) is 8.42. The van der Waals surface area contributed by atoms with Crippen molar-refractivity contribution in [1.29, 1.82) is 0 Å². The maximum Gasteiger partial charge on any atom is 0.0810 e. The fraction of sp³-hybridized carbons (Fsp3) is 1.00. The van der Waals surface area contributed by atoms with E-state index in [1.54, 1.807) is 0 Å². The average Bonchev–Trinajstić information content (AvgIpc) is 2.64. The molecule has 0 heterocycles. The fourth-order valence-electron chi connectivity index (χ4n) is 3.50. The number of ether oxygens (including phenoxy) is 1. The van der Waals surface area contributed by atoms with E-state index in [-0.39, 0.29) is 11.1 Å². The van der Waals surface area contributed by atoms with Crippen molar-refractivity contribution in [2.24, 2.45) is 0 Å². The van der Waals surface area contributed by atoms with Crippen LogP contribution in [0.3, 0.4) is 0 Å². The minimum atomic E-state index is 0.141. The van der Waals surface area contributed by atoms with Gasteiger partial charge in [0, 0.05) is 12.1 Å². The minimum absolute atomic E-state index is 0.141. The van der Waals surface area contributed by atoms with Gasteiger partial charge in [0.05, 0.1) is 11.7 Å². The molecule has 112 valence electrons. The quantitative estimate of drug-likeness (QED) is 0.761. The zero-order valence-electron chi connectivity index (χ0n) is 13.3. The molecule has 2 nitrogen and oxygen atoms in total. The van der Waals surface area contributed by atoms with E-state index in [1.165, 1.54) is 64.2 Å². The fourth-order valence-corrected chi connectivity index (χ4v) is 3.50. The lowest BCUT2D eigenvalue weighted by atomic mass is 9.98. The lowest BCUT2D eigenvalue weighted by Crippen LogP contribution is -2.49. The lowest BCUT2D eigenvalue weighted by Gasteiger charge is -2.36. The first kappa shape index (κ1) is 15.3. The van der Waals surface area contributed by atoms with Crippen molar-refractivity contribution in [2.45, 2.75) is 102 Å². The molecular weight excluding hydrogens is 234 g/mol. The van der Waals surface area contributed by atoms with Crippen molar-refractivity contribution in [2.75, 3.05) is 6.54 Å². The van der Waals surface area contributed by atoms with Crippen molar-refractivity contribution < 1.29 is 4.74 Å². The third-order valence-electron chi connectivity index (χ3n) is 4.67. The molecule has 0 spiro atoms. The van der Waals surface area contributed by atoms with Crippen LogP contribution in [0.25, 0.3) is 0 Å². The predicted molar refractivity (Wildman–Crippen MR) is 81.5 cm³/mol. The summed E-state index contributed by atoms with van der Waals surface area (Å²) in [5, 5.41) is 3.68. The number of hydrogen-bond acceptors (Lipinski definition) is 2. The van der Waals surface area contributed by atoms with E-state index in [0.717, 1.165) is 6.54 Å². The highest BCUT2D eigenvalue weighted by molar-refractivity contribution is 4.92. The molecule has 0 bridgehead atoms. The molecule has 2 aliphatic rings. The molecule has 0 aliphatic heterocycles. The molecular formula is C17H33NO. The van der Waals surface area contributed by atoms with Gasteiger partial charge in [0.2, 0.25) is 0 Å². The molecule has 2 saturated carbocycles. The van der Waals surface area contributed by atoms with Crippen LogP contribution in [0.1, 0.15) is 85.0 Å². The first-order valence-electron chi connectivity index (χ1n) is 8.42. The molecule has 0 aromatic heterocycles. The van der Waals surface area contributed by atoms with Crippen LogP contribution in [0.5, 0.6) is 0 Å². The van der Waals surface area contributed by atoms with Crippen LogP contribution >= 0.6 is 0 Å². The molecule has 2 rings (SSSR count). The van der Waals surface area contributed by atoms with Gasteiger partial charge in [0.15, 0.2) is 0 Å². The molecule has 19 heavy (non-hydrogen) atoms. The van der Waals surface area contributed by atoms with Crippen LogP contribution in [0.15, 0.2) is 0 Å². The van der Waals surface area contributed by atoms with Crippen LogP contribution in [0.4, 0.5) is 0 Å². The van der Waals surface area contributed by atoms with Crippen molar-refractivity contribution >= 4 is 0 Å². The predicted octanol–water partition coefficient (Wildman–Crippen LogP) is 4.43. The zero-order valence-corrected chi connectivity index (χ0v) is 13.3. The standard InChI is InChI=1S/C17H33NO/c1-16(2,3)18-14-17(12-8-9-13-17)19-15-10-6-4-5-7-11-15/h15,18H,4-14H2,1-3H3. The van der Waals surface area contributed by atoms with Gasteiger partial charge in [-0.05, 0) is 46.5 Å². The molecule has 2 heteroatoms. The van der Waals surface area contributed by atoms with Crippen molar-refractivity contribution in [3.63, 3.8) is 0 Å². The highest BCUT2D eigenvalue weighted by atomic mass is 16.5. The molecule has 0 radical (unpaired) electrons. The van der Waals surface area contributed by atoms with Gasteiger partial charge in [-0.15, -0.1) is 0 Å². The second kappa shape index (κ2) is 6.58. The van der Waals surface area contributed by atoms with Gasteiger partial charge in [-0.1, -0.05) is 38.5 Å². The van der Waals surface area contributed by atoms with Gasteiger partial charge >= 0.3 is 0 Å². The Labute approximate surface area is 119 Å². The summed E-state index contributed by atoms with van der Waals surface area (Å²) in [6.45, 7) is 7.79. The van der Waals surface area contributed by atoms with E-state index in [9.17, 15) is 0 Å². The Hall–Kier alpha value is -0.0800. The van der Waals surface area contributed by atoms with Gasteiger partial charge in [-0.2, -0.15) is 0 Å². The van der Waals surface area contributed by atoms with E-state index >= 15 is 0 Å². The van der Waals surface area contributed by atoms with Crippen molar-refractivity contribution in [3.8, 4) is 0 Å². The van der Waals surface area contributed by atoms with Crippen molar-refractivity contribution in [1.82, 2.24) is 5.32 Å². The second-order valence-electron chi connectivity index (χ2n) is 7.73. The Morgan fingerprint density at radius 1 is 0.947 bits per heavy atom. The molecule has 2 fully saturated rings. The largest absolute Gasteiger partial charge is 0.370 e. The second-order valence-corrected chi connectivity index (χ2v) is 7.73. The van der Waals surface area contributed by atoms with E-state index in [4.69, 9.17) is 4.74 Å². The van der Waals surface area contributed by atoms with E-state index < -0.39 is 0 Å². The summed E-state index contributed by atoms with van der Waals surface area (Å²) in [5.41, 5.74) is 0.338. The number of rotatable bonds is 4. The lowest BCUT2D eigenvalue weighted by molar-refractivity contribution is -0.0955. The van der Waals surface area contributed by atoms with Gasteiger partial charge < -0.3 is 10.1 Å². The van der Waals surface area contributed by atoms with Gasteiger partial charge in [0.25, 0.3) is 0 Å². The summed E-state index contributed by atoms with van der Waals surface area (Å²) in [7, 11) is 0. The molecule has 0 aromatic rings. The van der Waals surface area contributed by atoms with E-state index in [1.807, 2.05) is 0 Å². The summed E-state index contributed by atoms with van der Waals surface area (Å²) >= 11 is 0. The summed E-state index contributed by atoms with van der Waals surface area (Å²) < 4.78 is 6.65. The molecule has 0 saturated heterocycles. The molecule has 0 unspecified atom stereocenters. The van der Waals surface area contributed by atoms with Gasteiger partial charge in [-0.3, -0.25) is 0 Å². The van der Waals surface area contributed by atoms with E-state index in [2.05, 4.69) is 26.1 Å². The van der Waals surface area contributed by atoms with Gasteiger partial charge in [-0.25, -0.2) is 0 Å². The van der Waals surface area contributed by atoms with Crippen LogP contribution in [0.2, 0.25) is 0 Å². The van der Waals surface area contributed by atoms with Crippen molar-refractivity contribution in [3.05, 3.63) is 0 Å². The topological polar surface area (TPSA) is 21.3 Å². The minimum Gasteiger partial charge on any atom is -0.370 e. The van der Waals surface area contributed by atoms with E-state index in [0.29, 0.717) is 6.10 Å². The number of hydrogen-bond donors (Lipinski definition) is 1. The molecule has 2 aliphatic carbocycles. The SMILES string of the molecule is CC(C)(C)NCC1(OC2CCCCCC2)CCCC1. The van der Waals surface area contributed by atoms with Crippen LogP contribution in [0, 0.1) is 0 Å². The molecule has 0 aromatic carbocycles. The smallest absolute Gasteiger partial charge is 0.0810 e. The average molecular weight is 267 g/mol. The Bertz CT molecular complexity index is 255. The summed E-state index contributed by atoms with van der Waals surface area (Å²) in [4.78, 5) is 0. The first-order chi connectivity index (χ1) is 8.99. The highest BCUT2D eigenvalue weighted by Gasteiger charge is 2.37. The Morgan fingerprint density at radius 3 is 2.05 bits per heavy atom. The summed E-state index contributed by atoms with van der Waals surface area (Å²) in [5.74, 6) is 0. The molecule has 1 N–H and O–H groups in total. The zero-order chi connectivity index (χ0) is 13.8. The van der Waals surface area contributed by atoms with Crippen LogP contribution in [-0.2, 0) is 4.74 Å². The maximum absolute atomic E-state index is 6.65. The third kappa shape index (κ3) is 5.07. The summed E-state index contributed by atoms with van der Waals surface area (Å²) in [6, 6.07) is 0. The maximum atomic E-state index is 6.65. The molecule has 0 amide bonds. The Kier molecular flexibility index (Phi) is 5.30. The van der Waals surface area contributed by atoms with Crippen LogP contribution in [-0.4, -0.2) is 23.8 Å². The monoisotopic (exact) mass is 267 g/mol.